The number of aryl methyl sites for hydroxylation is 1. The van der Waals surface area contributed by atoms with Gasteiger partial charge in [-0.1, -0.05) is 25.1 Å². The number of guanidine groups is 1. The number of nitrogens with zero attached hydrogens (tertiary/aromatic N) is 3. The summed E-state index contributed by atoms with van der Waals surface area (Å²) in [5.74, 6) is 0.887. The minimum Gasteiger partial charge on any atom is -0.357 e. The fourth-order valence-corrected chi connectivity index (χ4v) is 3.14. The molecule has 0 spiro atoms. The van der Waals surface area contributed by atoms with Gasteiger partial charge in [-0.3, -0.25) is 9.67 Å². The first kappa shape index (κ1) is 18.4. The van der Waals surface area contributed by atoms with Gasteiger partial charge < -0.3 is 10.6 Å². The van der Waals surface area contributed by atoms with Crippen LogP contribution in [-0.4, -0.2) is 40.6 Å². The first-order chi connectivity index (χ1) is 11.8. The van der Waals surface area contributed by atoms with Crippen molar-refractivity contribution < 1.29 is 0 Å². The summed E-state index contributed by atoms with van der Waals surface area (Å²) in [5, 5.41) is 11.3. The lowest BCUT2D eigenvalue weighted by molar-refractivity contribution is 0.570. The molecule has 130 valence electrons. The van der Waals surface area contributed by atoms with Gasteiger partial charge in [0.25, 0.3) is 0 Å². The van der Waals surface area contributed by atoms with E-state index in [1.165, 1.54) is 4.90 Å². The molecule has 1 aromatic heterocycles. The van der Waals surface area contributed by atoms with E-state index >= 15 is 0 Å². The van der Waals surface area contributed by atoms with Gasteiger partial charge in [0.15, 0.2) is 5.96 Å². The Morgan fingerprint density at radius 1 is 1.25 bits per heavy atom. The number of benzene rings is 1. The Morgan fingerprint density at radius 2 is 2.08 bits per heavy atom. The summed E-state index contributed by atoms with van der Waals surface area (Å²) in [7, 11) is 0. The number of nitrogens with one attached hydrogen (secondary N) is 2. The Labute approximate surface area is 148 Å². The van der Waals surface area contributed by atoms with Crippen molar-refractivity contribution in [1.82, 2.24) is 20.4 Å². The SMILES string of the molecule is CCNC(=NCC(C)Sc1ccccc1)NCCCn1cccn1. The summed E-state index contributed by atoms with van der Waals surface area (Å²) in [6.45, 7) is 7.75. The van der Waals surface area contributed by atoms with E-state index in [9.17, 15) is 0 Å². The number of rotatable bonds is 9. The van der Waals surface area contributed by atoms with Crippen molar-refractivity contribution in [3.63, 3.8) is 0 Å². The van der Waals surface area contributed by atoms with Crippen molar-refractivity contribution in [2.75, 3.05) is 19.6 Å². The van der Waals surface area contributed by atoms with Gasteiger partial charge >= 0.3 is 0 Å². The van der Waals surface area contributed by atoms with E-state index in [0.29, 0.717) is 5.25 Å². The van der Waals surface area contributed by atoms with E-state index in [0.717, 1.165) is 38.6 Å². The molecule has 0 aliphatic rings. The predicted molar refractivity (Wildman–Crippen MR) is 103 cm³/mol. The lowest BCUT2D eigenvalue weighted by Crippen LogP contribution is -2.38. The molecule has 2 N–H and O–H groups in total. The minimum absolute atomic E-state index is 0.437. The normalized spacial score (nSPS) is 12.8. The Kier molecular flexibility index (Phi) is 8.24. The topological polar surface area (TPSA) is 54.2 Å². The fourth-order valence-electron chi connectivity index (χ4n) is 2.21. The molecular weight excluding hydrogens is 318 g/mol. The van der Waals surface area contributed by atoms with Crippen LogP contribution in [0.5, 0.6) is 0 Å². The second-order valence-electron chi connectivity index (χ2n) is 5.51. The third-order valence-corrected chi connectivity index (χ3v) is 4.44. The molecule has 1 heterocycles. The average Bonchev–Trinajstić information content (AvgIpc) is 3.11. The summed E-state index contributed by atoms with van der Waals surface area (Å²) in [5.41, 5.74) is 0. The molecule has 0 fully saturated rings. The van der Waals surface area contributed by atoms with Crippen LogP contribution in [0.2, 0.25) is 0 Å². The lowest BCUT2D eigenvalue weighted by Gasteiger charge is -2.13. The number of aliphatic imine (C=N–C) groups is 1. The van der Waals surface area contributed by atoms with Gasteiger partial charge in [0.05, 0.1) is 6.54 Å². The Bertz CT molecular complexity index is 583. The largest absolute Gasteiger partial charge is 0.357 e. The first-order valence-corrected chi connectivity index (χ1v) is 9.37. The van der Waals surface area contributed by atoms with Crippen molar-refractivity contribution in [1.29, 1.82) is 0 Å². The summed E-state index contributed by atoms with van der Waals surface area (Å²) in [6.07, 6.45) is 4.81. The molecule has 1 atom stereocenters. The van der Waals surface area contributed by atoms with E-state index in [1.807, 2.05) is 41.0 Å². The van der Waals surface area contributed by atoms with Crippen molar-refractivity contribution in [3.8, 4) is 0 Å². The molecule has 24 heavy (non-hydrogen) atoms. The zero-order valence-corrected chi connectivity index (χ0v) is 15.3. The number of thioether (sulfide) groups is 1. The molecule has 1 unspecified atom stereocenters. The van der Waals surface area contributed by atoms with Crippen LogP contribution < -0.4 is 10.6 Å². The molecule has 0 aliphatic carbocycles. The van der Waals surface area contributed by atoms with Gasteiger partial charge in [-0.2, -0.15) is 5.10 Å². The molecule has 0 bridgehead atoms. The maximum absolute atomic E-state index is 4.70. The molecule has 0 aliphatic heterocycles. The Hall–Kier alpha value is -1.95. The molecule has 1 aromatic carbocycles. The molecule has 0 saturated heterocycles. The molecule has 5 nitrogen and oxygen atoms in total. The highest BCUT2D eigenvalue weighted by molar-refractivity contribution is 8.00. The molecule has 0 radical (unpaired) electrons. The molecule has 6 heteroatoms. The number of hydrogen-bond acceptors (Lipinski definition) is 3. The monoisotopic (exact) mass is 345 g/mol. The maximum atomic E-state index is 4.70. The lowest BCUT2D eigenvalue weighted by atomic mass is 10.4. The smallest absolute Gasteiger partial charge is 0.191 e. The van der Waals surface area contributed by atoms with E-state index in [2.05, 4.69) is 53.8 Å². The van der Waals surface area contributed by atoms with Gasteiger partial charge in [0, 0.05) is 42.2 Å². The highest BCUT2D eigenvalue weighted by Gasteiger charge is 2.04. The van der Waals surface area contributed by atoms with Crippen molar-refractivity contribution >= 4 is 17.7 Å². The quantitative estimate of drug-likeness (QED) is 0.317. The van der Waals surface area contributed by atoms with Crippen molar-refractivity contribution in [2.45, 2.75) is 37.0 Å². The minimum atomic E-state index is 0.437. The van der Waals surface area contributed by atoms with Crippen LogP contribution in [0.25, 0.3) is 0 Å². The van der Waals surface area contributed by atoms with Gasteiger partial charge in [-0.25, -0.2) is 0 Å². The zero-order valence-electron chi connectivity index (χ0n) is 14.5. The van der Waals surface area contributed by atoms with Crippen LogP contribution in [0.15, 0.2) is 58.7 Å². The van der Waals surface area contributed by atoms with Gasteiger partial charge in [0.1, 0.15) is 0 Å². The molecule has 2 rings (SSSR count). The van der Waals surface area contributed by atoms with Gasteiger partial charge in [-0.05, 0) is 31.5 Å². The molecular formula is C18H27N5S. The highest BCUT2D eigenvalue weighted by atomic mass is 32.2. The second-order valence-corrected chi connectivity index (χ2v) is 7.02. The predicted octanol–water partition coefficient (Wildman–Crippen LogP) is 3.01. The summed E-state index contributed by atoms with van der Waals surface area (Å²) in [4.78, 5) is 5.98. The van der Waals surface area contributed by atoms with E-state index in [1.54, 1.807) is 0 Å². The van der Waals surface area contributed by atoms with Crippen LogP contribution in [0.1, 0.15) is 20.3 Å². The van der Waals surface area contributed by atoms with Crippen molar-refractivity contribution in [3.05, 3.63) is 48.8 Å². The third kappa shape index (κ3) is 7.08. The standard InChI is InChI=1S/C18H27N5S/c1-3-19-18(20-11-7-13-23-14-8-12-22-23)21-15-16(2)24-17-9-5-4-6-10-17/h4-6,8-10,12,14,16H,3,7,11,13,15H2,1-2H3,(H2,19,20,21). The van der Waals surface area contributed by atoms with Crippen LogP contribution >= 0.6 is 11.8 Å². The van der Waals surface area contributed by atoms with Gasteiger partial charge in [0.2, 0.25) is 0 Å². The average molecular weight is 346 g/mol. The van der Waals surface area contributed by atoms with Crippen LogP contribution in [0, 0.1) is 0 Å². The summed E-state index contributed by atoms with van der Waals surface area (Å²) >= 11 is 1.86. The number of hydrogen-bond donors (Lipinski definition) is 2. The first-order valence-electron chi connectivity index (χ1n) is 8.49. The van der Waals surface area contributed by atoms with Crippen LogP contribution in [0.3, 0.4) is 0 Å². The summed E-state index contributed by atoms with van der Waals surface area (Å²) < 4.78 is 1.95. The Balaban J connectivity index is 1.72. The van der Waals surface area contributed by atoms with E-state index < -0.39 is 0 Å². The highest BCUT2D eigenvalue weighted by Crippen LogP contribution is 2.22. The molecule has 0 amide bonds. The van der Waals surface area contributed by atoms with Crippen LogP contribution in [-0.2, 0) is 6.54 Å². The summed E-state index contributed by atoms with van der Waals surface area (Å²) in [6, 6.07) is 12.4. The Morgan fingerprint density at radius 3 is 2.79 bits per heavy atom. The van der Waals surface area contributed by atoms with Gasteiger partial charge in [-0.15, -0.1) is 11.8 Å². The third-order valence-electron chi connectivity index (χ3n) is 3.35. The molecule has 0 saturated carbocycles. The van der Waals surface area contributed by atoms with Crippen molar-refractivity contribution in [2.24, 2.45) is 4.99 Å². The zero-order chi connectivity index (χ0) is 17.0. The number of aromatic nitrogens is 2. The second kappa shape index (κ2) is 10.8. The molecule has 2 aromatic rings. The fraction of sp³-hybridized carbons (Fsp3) is 0.444. The van der Waals surface area contributed by atoms with E-state index in [4.69, 9.17) is 4.99 Å². The maximum Gasteiger partial charge on any atom is 0.191 e. The van der Waals surface area contributed by atoms with E-state index in [-0.39, 0.29) is 0 Å². The van der Waals surface area contributed by atoms with Crippen LogP contribution in [0.4, 0.5) is 0 Å².